The van der Waals surface area contributed by atoms with Gasteiger partial charge in [0.05, 0.1) is 5.69 Å². The molecule has 0 saturated carbocycles. The molecule has 2 nitrogen and oxygen atoms in total. The van der Waals surface area contributed by atoms with Gasteiger partial charge in [-0.1, -0.05) is 24.3 Å². The number of pyridine rings is 1. The number of para-hydroxylation sites is 1. The highest BCUT2D eigenvalue weighted by atomic mass is 14.9. The van der Waals surface area contributed by atoms with E-state index in [2.05, 4.69) is 55.3 Å². The number of allylic oxidation sites excluding steroid dienone is 1. The molecule has 0 aliphatic carbocycles. The Morgan fingerprint density at radius 3 is 2.26 bits per heavy atom. The number of hydrogen-bond acceptors (Lipinski definition) is 2. The van der Waals surface area contributed by atoms with Crippen LogP contribution in [0.4, 0.5) is 5.69 Å². The molecule has 1 aromatic carbocycles. The van der Waals surface area contributed by atoms with Gasteiger partial charge in [0.2, 0.25) is 0 Å². The molecule has 0 fully saturated rings. The van der Waals surface area contributed by atoms with E-state index in [4.69, 9.17) is 0 Å². The summed E-state index contributed by atoms with van der Waals surface area (Å²) in [6.07, 6.45) is 2.07. The minimum atomic E-state index is 0.983. The number of aromatic nitrogens is 1. The van der Waals surface area contributed by atoms with Gasteiger partial charge in [-0.2, -0.15) is 0 Å². The molecule has 0 bridgehead atoms. The second kappa shape index (κ2) is 5.70. The van der Waals surface area contributed by atoms with Gasteiger partial charge in [-0.25, -0.2) is 0 Å². The standard InChI is InChI=1S/C17H20N2/c1-12-7-5-8-13(2)17(12)19-15(4)11-16-10-6-9-14(3)18-16/h5-11,19H,1-4H3/b15-11+. The lowest BCUT2D eigenvalue weighted by molar-refractivity contribution is 1.17. The van der Waals surface area contributed by atoms with Crippen LogP contribution in [0.25, 0.3) is 6.08 Å². The maximum Gasteiger partial charge on any atom is 0.0650 e. The van der Waals surface area contributed by atoms with Crippen LogP contribution in [0.2, 0.25) is 0 Å². The molecule has 2 aromatic rings. The van der Waals surface area contributed by atoms with Gasteiger partial charge in [-0.3, -0.25) is 4.98 Å². The lowest BCUT2D eigenvalue weighted by atomic mass is 10.1. The van der Waals surface area contributed by atoms with Crippen molar-refractivity contribution in [3.8, 4) is 0 Å². The molecule has 0 spiro atoms. The third-order valence-corrected chi connectivity index (χ3v) is 3.08. The predicted molar refractivity (Wildman–Crippen MR) is 82.2 cm³/mol. The highest BCUT2D eigenvalue weighted by molar-refractivity contribution is 5.63. The van der Waals surface area contributed by atoms with Crippen LogP contribution in [-0.2, 0) is 0 Å². The SMILES string of the molecule is C/C(=C\c1cccc(C)n1)Nc1c(C)cccc1C. The normalized spacial score (nSPS) is 11.5. The minimum Gasteiger partial charge on any atom is -0.359 e. The monoisotopic (exact) mass is 252 g/mol. The Balaban J connectivity index is 2.24. The van der Waals surface area contributed by atoms with E-state index in [0.29, 0.717) is 0 Å². The van der Waals surface area contributed by atoms with E-state index in [9.17, 15) is 0 Å². The third kappa shape index (κ3) is 3.44. The van der Waals surface area contributed by atoms with E-state index < -0.39 is 0 Å². The first-order valence-electron chi connectivity index (χ1n) is 6.51. The summed E-state index contributed by atoms with van der Waals surface area (Å²) in [5.74, 6) is 0. The molecule has 0 atom stereocenters. The Hall–Kier alpha value is -2.09. The van der Waals surface area contributed by atoms with E-state index in [1.54, 1.807) is 0 Å². The van der Waals surface area contributed by atoms with Gasteiger partial charge in [-0.15, -0.1) is 0 Å². The Bertz CT molecular complexity index is 592. The summed E-state index contributed by atoms with van der Waals surface area (Å²) in [4.78, 5) is 4.48. The zero-order valence-electron chi connectivity index (χ0n) is 12.0. The average Bonchev–Trinajstić information content (AvgIpc) is 2.34. The fourth-order valence-corrected chi connectivity index (χ4v) is 2.11. The zero-order valence-corrected chi connectivity index (χ0v) is 12.0. The van der Waals surface area contributed by atoms with Crippen molar-refractivity contribution in [2.24, 2.45) is 0 Å². The molecule has 0 saturated heterocycles. The molecule has 0 aliphatic heterocycles. The van der Waals surface area contributed by atoms with E-state index in [-0.39, 0.29) is 0 Å². The van der Waals surface area contributed by atoms with Gasteiger partial charge in [0.15, 0.2) is 0 Å². The first-order chi connectivity index (χ1) is 9.06. The summed E-state index contributed by atoms with van der Waals surface area (Å²) in [7, 11) is 0. The van der Waals surface area contributed by atoms with Crippen LogP contribution in [0.15, 0.2) is 42.1 Å². The fourth-order valence-electron chi connectivity index (χ4n) is 2.11. The zero-order chi connectivity index (χ0) is 13.8. The van der Waals surface area contributed by atoms with Gasteiger partial charge < -0.3 is 5.32 Å². The quantitative estimate of drug-likeness (QED) is 0.871. The van der Waals surface area contributed by atoms with Crippen LogP contribution in [0.5, 0.6) is 0 Å². The molecule has 0 unspecified atom stereocenters. The number of anilines is 1. The molecule has 98 valence electrons. The van der Waals surface area contributed by atoms with Crippen LogP contribution in [-0.4, -0.2) is 4.98 Å². The number of hydrogen-bond donors (Lipinski definition) is 1. The molecular weight excluding hydrogens is 232 g/mol. The van der Waals surface area contributed by atoms with Crippen molar-refractivity contribution >= 4 is 11.8 Å². The van der Waals surface area contributed by atoms with E-state index in [0.717, 1.165) is 17.1 Å². The Morgan fingerprint density at radius 2 is 1.63 bits per heavy atom. The first kappa shape index (κ1) is 13.3. The second-order valence-electron chi connectivity index (χ2n) is 4.92. The molecule has 2 rings (SSSR count). The Kier molecular flexibility index (Phi) is 4.00. The number of nitrogens with one attached hydrogen (secondary N) is 1. The summed E-state index contributed by atoms with van der Waals surface area (Å²) < 4.78 is 0. The highest BCUT2D eigenvalue weighted by Crippen LogP contribution is 2.21. The van der Waals surface area contributed by atoms with Crippen molar-refractivity contribution in [1.29, 1.82) is 0 Å². The van der Waals surface area contributed by atoms with Crippen LogP contribution < -0.4 is 5.32 Å². The number of aryl methyl sites for hydroxylation is 3. The minimum absolute atomic E-state index is 0.983. The highest BCUT2D eigenvalue weighted by Gasteiger charge is 2.02. The number of rotatable bonds is 3. The molecule has 1 aromatic heterocycles. The topological polar surface area (TPSA) is 24.9 Å². The summed E-state index contributed by atoms with van der Waals surface area (Å²) >= 11 is 0. The number of benzene rings is 1. The molecule has 1 heterocycles. The maximum absolute atomic E-state index is 4.48. The summed E-state index contributed by atoms with van der Waals surface area (Å²) in [5.41, 5.74) is 6.80. The summed E-state index contributed by atoms with van der Waals surface area (Å²) in [6, 6.07) is 12.4. The number of nitrogens with zero attached hydrogens (tertiary/aromatic N) is 1. The van der Waals surface area contributed by atoms with Crippen LogP contribution in [0, 0.1) is 20.8 Å². The lowest BCUT2D eigenvalue weighted by Crippen LogP contribution is -2.00. The second-order valence-corrected chi connectivity index (χ2v) is 4.92. The third-order valence-electron chi connectivity index (χ3n) is 3.08. The van der Waals surface area contributed by atoms with Crippen molar-refractivity contribution in [1.82, 2.24) is 4.98 Å². The first-order valence-corrected chi connectivity index (χ1v) is 6.51. The lowest BCUT2D eigenvalue weighted by Gasteiger charge is -2.12. The van der Waals surface area contributed by atoms with E-state index in [1.807, 2.05) is 25.1 Å². The van der Waals surface area contributed by atoms with Crippen LogP contribution in [0.3, 0.4) is 0 Å². The van der Waals surface area contributed by atoms with Crippen LogP contribution >= 0.6 is 0 Å². The summed E-state index contributed by atoms with van der Waals surface area (Å²) in [6.45, 7) is 8.31. The molecule has 2 heteroatoms. The van der Waals surface area contributed by atoms with Gasteiger partial charge in [0.1, 0.15) is 0 Å². The average molecular weight is 252 g/mol. The maximum atomic E-state index is 4.48. The molecular formula is C17H20N2. The van der Waals surface area contributed by atoms with E-state index in [1.165, 1.54) is 16.8 Å². The van der Waals surface area contributed by atoms with E-state index >= 15 is 0 Å². The van der Waals surface area contributed by atoms with Crippen molar-refractivity contribution in [2.75, 3.05) is 5.32 Å². The van der Waals surface area contributed by atoms with Gasteiger partial charge in [0.25, 0.3) is 0 Å². The van der Waals surface area contributed by atoms with Crippen LogP contribution in [0.1, 0.15) is 29.4 Å². The van der Waals surface area contributed by atoms with Gasteiger partial charge in [-0.05, 0) is 57.0 Å². The van der Waals surface area contributed by atoms with Crippen molar-refractivity contribution in [3.05, 3.63) is 64.6 Å². The predicted octanol–water partition coefficient (Wildman–Crippen LogP) is 4.48. The molecule has 0 amide bonds. The van der Waals surface area contributed by atoms with Crippen molar-refractivity contribution in [2.45, 2.75) is 27.7 Å². The van der Waals surface area contributed by atoms with Crippen molar-refractivity contribution in [3.63, 3.8) is 0 Å². The largest absolute Gasteiger partial charge is 0.359 e. The summed E-state index contributed by atoms with van der Waals surface area (Å²) in [5, 5.41) is 3.47. The van der Waals surface area contributed by atoms with Crippen molar-refractivity contribution < 1.29 is 0 Å². The molecule has 0 radical (unpaired) electrons. The van der Waals surface area contributed by atoms with Gasteiger partial charge >= 0.3 is 0 Å². The fraction of sp³-hybridized carbons (Fsp3) is 0.235. The smallest absolute Gasteiger partial charge is 0.0650 e. The Labute approximate surface area is 115 Å². The Morgan fingerprint density at radius 1 is 1.00 bits per heavy atom. The molecule has 19 heavy (non-hydrogen) atoms. The molecule has 1 N–H and O–H groups in total. The van der Waals surface area contributed by atoms with Gasteiger partial charge in [0, 0.05) is 17.1 Å². The molecule has 0 aliphatic rings.